The molecule has 0 unspecified atom stereocenters. The molecule has 0 spiro atoms. The van der Waals surface area contributed by atoms with E-state index in [1.165, 1.54) is 0 Å². The molecule has 0 aliphatic rings. The molecule has 110 valence electrons. The number of nitrogens with zero attached hydrogens (tertiary/aromatic N) is 2. The number of benzene rings is 1. The summed E-state index contributed by atoms with van der Waals surface area (Å²) in [5.74, 6) is 4.31. The molecule has 5 heteroatoms. The van der Waals surface area contributed by atoms with Crippen molar-refractivity contribution in [1.82, 2.24) is 20.6 Å². The number of para-hydroxylation sites is 2. The summed E-state index contributed by atoms with van der Waals surface area (Å²) in [6, 6.07) is 8.06. The van der Waals surface area contributed by atoms with Crippen molar-refractivity contribution in [3.05, 3.63) is 30.1 Å². The van der Waals surface area contributed by atoms with Gasteiger partial charge in [0.15, 0.2) is 5.96 Å². The first-order valence-corrected chi connectivity index (χ1v) is 7.22. The molecular formula is C16H21N5. The molecule has 0 saturated heterocycles. The highest BCUT2D eigenvalue weighted by atomic mass is 15.2. The summed E-state index contributed by atoms with van der Waals surface area (Å²) in [5, 5.41) is 6.23. The molecule has 21 heavy (non-hydrogen) atoms. The van der Waals surface area contributed by atoms with Gasteiger partial charge >= 0.3 is 0 Å². The van der Waals surface area contributed by atoms with E-state index >= 15 is 0 Å². The number of H-pyrrole nitrogens is 1. The van der Waals surface area contributed by atoms with Gasteiger partial charge in [0.25, 0.3) is 0 Å². The third kappa shape index (κ3) is 4.53. The van der Waals surface area contributed by atoms with E-state index < -0.39 is 0 Å². The lowest BCUT2D eigenvalue weighted by atomic mass is 10.3. The van der Waals surface area contributed by atoms with Crippen molar-refractivity contribution in [3.63, 3.8) is 0 Å². The standard InChI is InChI=1S/C16H21N5/c1-3-11-18-16(17-4-2)19-12-7-10-15-20-13-8-5-6-9-14(13)21-15/h1,5-6,8-9H,4,7,10-12H2,2H3,(H,20,21)(H2,17,18,19). The topological polar surface area (TPSA) is 65.1 Å². The Balaban J connectivity index is 1.83. The molecule has 3 N–H and O–H groups in total. The van der Waals surface area contributed by atoms with Gasteiger partial charge < -0.3 is 15.6 Å². The summed E-state index contributed by atoms with van der Waals surface area (Å²) >= 11 is 0. The number of hydrogen-bond acceptors (Lipinski definition) is 2. The minimum Gasteiger partial charge on any atom is -0.357 e. The van der Waals surface area contributed by atoms with Crippen LogP contribution in [0.15, 0.2) is 29.3 Å². The van der Waals surface area contributed by atoms with Gasteiger partial charge in [0.1, 0.15) is 5.82 Å². The van der Waals surface area contributed by atoms with E-state index in [1.807, 2.05) is 31.2 Å². The highest BCUT2D eigenvalue weighted by Gasteiger charge is 2.01. The van der Waals surface area contributed by atoms with Crippen LogP contribution >= 0.6 is 0 Å². The van der Waals surface area contributed by atoms with E-state index in [4.69, 9.17) is 6.42 Å². The zero-order valence-corrected chi connectivity index (χ0v) is 12.3. The van der Waals surface area contributed by atoms with Crippen LogP contribution in [0.3, 0.4) is 0 Å². The molecule has 0 atom stereocenters. The summed E-state index contributed by atoms with van der Waals surface area (Å²) in [4.78, 5) is 12.4. The predicted octanol–water partition coefficient (Wildman–Crippen LogP) is 1.68. The number of nitrogens with one attached hydrogen (secondary N) is 3. The van der Waals surface area contributed by atoms with Gasteiger partial charge in [-0.3, -0.25) is 4.99 Å². The second kappa shape index (κ2) is 7.95. The average molecular weight is 283 g/mol. The zero-order valence-electron chi connectivity index (χ0n) is 12.3. The average Bonchev–Trinajstić information content (AvgIpc) is 2.91. The molecule has 0 aliphatic carbocycles. The fourth-order valence-corrected chi connectivity index (χ4v) is 2.04. The summed E-state index contributed by atoms with van der Waals surface area (Å²) in [7, 11) is 0. The molecule has 1 heterocycles. The minimum absolute atomic E-state index is 0.482. The second-order valence-electron chi connectivity index (χ2n) is 4.62. The van der Waals surface area contributed by atoms with Gasteiger partial charge in [0.2, 0.25) is 0 Å². The largest absolute Gasteiger partial charge is 0.357 e. The van der Waals surface area contributed by atoms with Crippen LogP contribution in [0, 0.1) is 12.3 Å². The number of aliphatic imine (C=N–C) groups is 1. The lowest BCUT2D eigenvalue weighted by molar-refractivity contribution is 0.779. The van der Waals surface area contributed by atoms with Crippen LogP contribution in [-0.2, 0) is 6.42 Å². The number of aromatic nitrogens is 2. The van der Waals surface area contributed by atoms with Crippen molar-refractivity contribution in [1.29, 1.82) is 0 Å². The quantitative estimate of drug-likeness (QED) is 0.327. The summed E-state index contributed by atoms with van der Waals surface area (Å²) < 4.78 is 0. The number of aromatic amines is 1. The molecule has 5 nitrogen and oxygen atoms in total. The molecule has 0 bridgehead atoms. The molecule has 0 fully saturated rings. The molecular weight excluding hydrogens is 262 g/mol. The van der Waals surface area contributed by atoms with E-state index in [1.54, 1.807) is 0 Å². The predicted molar refractivity (Wildman–Crippen MR) is 87.2 cm³/mol. The number of rotatable bonds is 6. The maximum Gasteiger partial charge on any atom is 0.192 e. The molecule has 1 aromatic carbocycles. The van der Waals surface area contributed by atoms with Crippen molar-refractivity contribution in [3.8, 4) is 12.3 Å². The van der Waals surface area contributed by atoms with Gasteiger partial charge in [-0.1, -0.05) is 18.1 Å². The molecule has 0 amide bonds. The van der Waals surface area contributed by atoms with Crippen LogP contribution in [0.2, 0.25) is 0 Å². The Morgan fingerprint density at radius 1 is 1.38 bits per heavy atom. The summed E-state index contributed by atoms with van der Waals surface area (Å²) in [6.07, 6.45) is 7.05. The van der Waals surface area contributed by atoms with E-state index in [2.05, 4.69) is 31.5 Å². The highest BCUT2D eigenvalue weighted by Crippen LogP contribution is 2.11. The molecule has 0 saturated carbocycles. The van der Waals surface area contributed by atoms with Crippen LogP contribution in [0.1, 0.15) is 19.2 Å². The number of terminal acetylenes is 1. The lowest BCUT2D eigenvalue weighted by Gasteiger charge is -2.08. The van der Waals surface area contributed by atoms with Crippen molar-refractivity contribution >= 4 is 17.0 Å². The third-order valence-electron chi connectivity index (χ3n) is 2.98. The van der Waals surface area contributed by atoms with E-state index in [0.29, 0.717) is 6.54 Å². The van der Waals surface area contributed by atoms with Crippen LogP contribution in [0.25, 0.3) is 11.0 Å². The monoisotopic (exact) mass is 283 g/mol. The lowest BCUT2D eigenvalue weighted by Crippen LogP contribution is -2.37. The number of imidazole rings is 1. The molecule has 0 radical (unpaired) electrons. The maximum atomic E-state index is 5.23. The van der Waals surface area contributed by atoms with Crippen molar-refractivity contribution in [2.24, 2.45) is 4.99 Å². The Morgan fingerprint density at radius 2 is 2.24 bits per heavy atom. The first kappa shape index (κ1) is 14.9. The van der Waals surface area contributed by atoms with Crippen LogP contribution in [-0.4, -0.2) is 35.6 Å². The molecule has 0 aliphatic heterocycles. The fraction of sp³-hybridized carbons (Fsp3) is 0.375. The first-order valence-electron chi connectivity index (χ1n) is 7.22. The van der Waals surface area contributed by atoms with Crippen molar-refractivity contribution < 1.29 is 0 Å². The Bertz CT molecular complexity index is 602. The molecule has 2 aromatic rings. The number of guanidine groups is 1. The highest BCUT2D eigenvalue weighted by molar-refractivity contribution is 5.80. The van der Waals surface area contributed by atoms with Crippen LogP contribution < -0.4 is 10.6 Å². The number of fused-ring (bicyclic) bond motifs is 1. The molecule has 1 aromatic heterocycles. The Morgan fingerprint density at radius 3 is 3.00 bits per heavy atom. The molecule has 2 rings (SSSR count). The Labute approximate surface area is 125 Å². The first-order chi connectivity index (χ1) is 10.3. The van der Waals surface area contributed by atoms with Gasteiger partial charge in [-0.2, -0.15) is 0 Å². The minimum atomic E-state index is 0.482. The van der Waals surface area contributed by atoms with E-state index in [0.717, 1.165) is 48.7 Å². The summed E-state index contributed by atoms with van der Waals surface area (Å²) in [6.45, 7) is 4.06. The zero-order chi connectivity index (χ0) is 14.9. The second-order valence-corrected chi connectivity index (χ2v) is 4.62. The van der Waals surface area contributed by atoms with Gasteiger partial charge in [-0.05, 0) is 25.5 Å². The smallest absolute Gasteiger partial charge is 0.192 e. The number of hydrogen-bond donors (Lipinski definition) is 3. The van der Waals surface area contributed by atoms with Gasteiger partial charge in [0, 0.05) is 19.5 Å². The Kier molecular flexibility index (Phi) is 5.65. The van der Waals surface area contributed by atoms with Gasteiger partial charge in [-0.15, -0.1) is 6.42 Å². The van der Waals surface area contributed by atoms with Gasteiger partial charge in [-0.25, -0.2) is 4.98 Å². The van der Waals surface area contributed by atoms with E-state index in [-0.39, 0.29) is 0 Å². The SMILES string of the molecule is C#CCNC(=NCCCc1nc2ccccc2[nH]1)NCC. The van der Waals surface area contributed by atoms with Crippen LogP contribution in [0.5, 0.6) is 0 Å². The van der Waals surface area contributed by atoms with Crippen LogP contribution in [0.4, 0.5) is 0 Å². The fourth-order valence-electron chi connectivity index (χ4n) is 2.04. The third-order valence-corrected chi connectivity index (χ3v) is 2.98. The maximum absolute atomic E-state index is 5.23. The van der Waals surface area contributed by atoms with Crippen molar-refractivity contribution in [2.75, 3.05) is 19.6 Å². The Hall–Kier alpha value is -2.48. The normalized spacial score (nSPS) is 11.3. The van der Waals surface area contributed by atoms with Gasteiger partial charge in [0.05, 0.1) is 17.6 Å². The number of aryl methyl sites for hydroxylation is 1. The van der Waals surface area contributed by atoms with Crippen molar-refractivity contribution in [2.45, 2.75) is 19.8 Å². The van der Waals surface area contributed by atoms with E-state index in [9.17, 15) is 0 Å². The summed E-state index contributed by atoms with van der Waals surface area (Å²) in [5.41, 5.74) is 2.10.